The van der Waals surface area contributed by atoms with Crippen molar-refractivity contribution in [2.24, 2.45) is 0 Å². The third-order valence-electron chi connectivity index (χ3n) is 17.2. The van der Waals surface area contributed by atoms with Gasteiger partial charge in [-0.15, -0.1) is 0 Å². The summed E-state index contributed by atoms with van der Waals surface area (Å²) in [4.78, 5) is 0. The van der Waals surface area contributed by atoms with Crippen LogP contribution < -0.4 is 0 Å². The minimum Gasteiger partial charge on any atom is -0.0610 e. The summed E-state index contributed by atoms with van der Waals surface area (Å²) in [5.41, 5.74) is 8.18. The lowest BCUT2D eigenvalue weighted by Gasteiger charge is -2.20. The first-order valence-corrected chi connectivity index (χ1v) is 25.6. The van der Waals surface area contributed by atoms with Crippen molar-refractivity contribution in [3.05, 3.63) is 215 Å². The maximum Gasteiger partial charge on any atom is -0.00112 e. The molecule has 0 aliphatic rings. The molecule has 0 radical (unpaired) electrons. The molecule has 18 aromatic carbocycles. The van der Waals surface area contributed by atoms with Crippen LogP contribution in [-0.2, 0) is 0 Å². The van der Waals surface area contributed by atoms with Crippen molar-refractivity contribution in [3.63, 3.8) is 0 Å². The summed E-state index contributed by atoms with van der Waals surface area (Å²) in [5.74, 6) is 0. The molecule has 0 saturated carbocycles. The van der Waals surface area contributed by atoms with Crippen LogP contribution in [0, 0.1) is 41.5 Å². The summed E-state index contributed by atoms with van der Waals surface area (Å²) in [7, 11) is 0. The van der Waals surface area contributed by atoms with Crippen LogP contribution in [0.3, 0.4) is 0 Å². The average molecular weight is 913 g/mol. The number of hydrogen-bond donors (Lipinski definition) is 0. The van der Waals surface area contributed by atoms with Crippen LogP contribution in [0.15, 0.2) is 182 Å². The van der Waals surface area contributed by atoms with E-state index in [1.807, 2.05) is 0 Å². The molecule has 0 spiro atoms. The molecule has 0 aromatic heterocycles. The number of hydrogen-bond acceptors (Lipinski definition) is 0. The lowest BCUT2D eigenvalue weighted by atomic mass is 9.83. The highest BCUT2D eigenvalue weighted by molar-refractivity contribution is 6.40. The van der Waals surface area contributed by atoms with E-state index in [0.717, 1.165) is 0 Å². The topological polar surface area (TPSA) is 0 Å². The van der Waals surface area contributed by atoms with E-state index >= 15 is 0 Å². The summed E-state index contributed by atoms with van der Waals surface area (Å²) in [6.07, 6.45) is 0. The minimum absolute atomic E-state index is 1.33. The Hall–Kier alpha value is -8.58. The molecule has 18 rings (SSSR count). The Morgan fingerprint density at radius 2 is 0.458 bits per heavy atom. The highest BCUT2D eigenvalue weighted by atomic mass is 14.2. The molecule has 18 aromatic rings. The third-order valence-corrected chi connectivity index (χ3v) is 17.2. The molecule has 336 valence electrons. The smallest absolute Gasteiger partial charge is 0.00112 e. The zero-order valence-electron chi connectivity index (χ0n) is 41.3. The van der Waals surface area contributed by atoms with Crippen molar-refractivity contribution in [2.75, 3.05) is 0 Å². The normalized spacial score (nSPS) is 12.6. The van der Waals surface area contributed by atoms with E-state index in [4.69, 9.17) is 0 Å². The first kappa shape index (κ1) is 40.2. The van der Waals surface area contributed by atoms with Crippen LogP contribution >= 0.6 is 0 Å². The second kappa shape index (κ2) is 14.1. The summed E-state index contributed by atoms with van der Waals surface area (Å²) >= 11 is 0. The fourth-order valence-corrected chi connectivity index (χ4v) is 14.3. The SMILES string of the molecule is Cc1c2cccc3ccc4c(C)c5cccc6ccc1c(c65)c4c32.Cc1cc2cc3cccc4c(C)cc5cc6cccc1c6c2c5c34.Cc1cc2ccc3cc4cc(C)cc5ccc6cc(c1)c2c3c6c54. The molecular formula is C72H48. The Labute approximate surface area is 416 Å². The van der Waals surface area contributed by atoms with Crippen LogP contribution in [0.1, 0.15) is 33.4 Å². The first-order valence-electron chi connectivity index (χ1n) is 25.6. The highest BCUT2D eigenvalue weighted by Gasteiger charge is 2.21. The van der Waals surface area contributed by atoms with E-state index in [1.165, 1.54) is 195 Å². The van der Waals surface area contributed by atoms with Gasteiger partial charge >= 0.3 is 0 Å². The molecule has 0 heteroatoms. The second-order valence-corrected chi connectivity index (χ2v) is 21.4. The van der Waals surface area contributed by atoms with Crippen LogP contribution in [-0.4, -0.2) is 0 Å². The summed E-state index contributed by atoms with van der Waals surface area (Å²) < 4.78 is 0. The highest BCUT2D eigenvalue weighted by Crippen LogP contribution is 2.49. The molecule has 0 amide bonds. The molecule has 0 nitrogen and oxygen atoms in total. The van der Waals surface area contributed by atoms with Gasteiger partial charge in [-0.1, -0.05) is 158 Å². The number of rotatable bonds is 0. The Morgan fingerprint density at radius 3 is 0.875 bits per heavy atom. The fourth-order valence-electron chi connectivity index (χ4n) is 14.3. The lowest BCUT2D eigenvalue weighted by molar-refractivity contribution is 1.52. The van der Waals surface area contributed by atoms with Gasteiger partial charge in [0.25, 0.3) is 0 Å². The third kappa shape index (κ3) is 5.21. The van der Waals surface area contributed by atoms with Gasteiger partial charge in [0.15, 0.2) is 0 Å². The van der Waals surface area contributed by atoms with Gasteiger partial charge in [-0.2, -0.15) is 0 Å². The van der Waals surface area contributed by atoms with Crippen molar-refractivity contribution in [1.29, 1.82) is 0 Å². The molecule has 0 fully saturated rings. The Kier molecular flexibility index (Phi) is 7.85. The van der Waals surface area contributed by atoms with Crippen LogP contribution in [0.2, 0.25) is 0 Å². The first-order chi connectivity index (χ1) is 35.2. The van der Waals surface area contributed by atoms with Gasteiger partial charge in [0.05, 0.1) is 0 Å². The zero-order chi connectivity index (χ0) is 48.0. The Balaban J connectivity index is 0.0000000928. The number of benzene rings is 18. The molecule has 0 heterocycles. The second-order valence-electron chi connectivity index (χ2n) is 21.4. The van der Waals surface area contributed by atoms with E-state index < -0.39 is 0 Å². The van der Waals surface area contributed by atoms with Gasteiger partial charge in [-0.3, -0.25) is 0 Å². The molecule has 0 aliphatic carbocycles. The van der Waals surface area contributed by atoms with Crippen LogP contribution in [0.25, 0.3) is 162 Å². The predicted molar refractivity (Wildman–Crippen MR) is 317 cm³/mol. The largest absolute Gasteiger partial charge is 0.0610 e. The van der Waals surface area contributed by atoms with E-state index in [0.29, 0.717) is 0 Å². The maximum absolute atomic E-state index is 2.38. The van der Waals surface area contributed by atoms with Gasteiger partial charge < -0.3 is 0 Å². The standard InChI is InChI=1S/3C24H16/c1-13-7-15-3-5-18-12-20-10-14(2)8-16-4-6-17-11-19(9-13)21(15)23(18)24(17)22(16)20;1-13-9-17-11-16-6-4-8-20-14(2)10-18-12-15-5-3-7-19(13)21(15)23(17)24(18)22(16)20;1-13-17-7-3-5-15-10-12-20-14(2)18-8-4-6-16-9-11-19(13)23(22(16)18)24(20)21(15)17/h3*3-12H,1-2H3. The average Bonchev–Trinajstić information content (AvgIpc) is 3.39. The fraction of sp³-hybridized carbons (Fsp3) is 0.0833. The van der Waals surface area contributed by atoms with Crippen LogP contribution in [0.4, 0.5) is 0 Å². The molecule has 0 aliphatic heterocycles. The number of aryl methyl sites for hydroxylation is 6. The molecule has 0 N–H and O–H groups in total. The molecule has 0 saturated heterocycles. The quantitative estimate of drug-likeness (QED) is 0.105. The summed E-state index contributed by atoms with van der Waals surface area (Å²) in [6, 6.07) is 68.6. The zero-order valence-corrected chi connectivity index (χ0v) is 41.3. The Bertz CT molecular complexity index is 4930. The van der Waals surface area contributed by atoms with Crippen LogP contribution in [0.5, 0.6) is 0 Å². The van der Waals surface area contributed by atoms with Crippen molar-refractivity contribution in [1.82, 2.24) is 0 Å². The maximum atomic E-state index is 2.38. The van der Waals surface area contributed by atoms with Crippen molar-refractivity contribution >= 4 is 162 Å². The van der Waals surface area contributed by atoms with E-state index in [1.54, 1.807) is 0 Å². The molecular weight excluding hydrogens is 865 g/mol. The van der Waals surface area contributed by atoms with E-state index in [9.17, 15) is 0 Å². The molecule has 0 unspecified atom stereocenters. The Morgan fingerprint density at radius 1 is 0.181 bits per heavy atom. The van der Waals surface area contributed by atoms with Crippen molar-refractivity contribution in [2.45, 2.75) is 41.5 Å². The minimum atomic E-state index is 1.33. The van der Waals surface area contributed by atoms with Gasteiger partial charge in [-0.05, 0) is 261 Å². The van der Waals surface area contributed by atoms with Gasteiger partial charge in [0.1, 0.15) is 0 Å². The van der Waals surface area contributed by atoms with Gasteiger partial charge in [0, 0.05) is 0 Å². The van der Waals surface area contributed by atoms with E-state index in [2.05, 4.69) is 224 Å². The van der Waals surface area contributed by atoms with Crippen molar-refractivity contribution < 1.29 is 0 Å². The summed E-state index contributed by atoms with van der Waals surface area (Å²) in [5, 5.41) is 41.8. The van der Waals surface area contributed by atoms with E-state index in [-0.39, 0.29) is 0 Å². The van der Waals surface area contributed by atoms with Gasteiger partial charge in [-0.25, -0.2) is 0 Å². The monoisotopic (exact) mass is 912 g/mol. The molecule has 0 atom stereocenters. The summed E-state index contributed by atoms with van der Waals surface area (Å²) in [6.45, 7) is 13.4. The molecule has 72 heavy (non-hydrogen) atoms. The lowest BCUT2D eigenvalue weighted by Crippen LogP contribution is -1.94. The molecule has 0 bridgehead atoms. The van der Waals surface area contributed by atoms with Crippen molar-refractivity contribution in [3.8, 4) is 0 Å². The van der Waals surface area contributed by atoms with Gasteiger partial charge in [0.2, 0.25) is 0 Å². The predicted octanol–water partition coefficient (Wildman–Crippen LogP) is 20.8.